The number of hydrogen-bond acceptors (Lipinski definition) is 3. The number of likely N-dealkylation sites (tertiary alicyclic amines) is 1. The van der Waals surface area contributed by atoms with E-state index in [1.165, 1.54) is 6.42 Å². The number of pyridine rings is 1. The first-order valence-electron chi connectivity index (χ1n) is 8.04. The molecule has 1 aromatic rings. The molecule has 1 fully saturated rings. The highest BCUT2D eigenvalue weighted by atomic mass is 16.2. The standard InChI is InChI=1S/C17H27N3O/c1-4-17(21)20-13-6-5-9-15(20)12-11-14-8-7-10-16(18-14)19(2)3/h7-8,10,15H,4-6,9,11-13H2,1-3H3/t15-/m1/s1. The van der Waals surface area contributed by atoms with E-state index in [1.807, 2.05) is 32.0 Å². The van der Waals surface area contributed by atoms with Gasteiger partial charge in [0.05, 0.1) is 0 Å². The van der Waals surface area contributed by atoms with E-state index in [1.54, 1.807) is 0 Å². The van der Waals surface area contributed by atoms with Crippen molar-refractivity contribution in [2.24, 2.45) is 0 Å². The molecule has 0 spiro atoms. The first-order valence-corrected chi connectivity index (χ1v) is 8.04. The smallest absolute Gasteiger partial charge is 0.222 e. The van der Waals surface area contributed by atoms with E-state index in [4.69, 9.17) is 0 Å². The molecule has 1 saturated heterocycles. The maximum absolute atomic E-state index is 12.0. The van der Waals surface area contributed by atoms with Gasteiger partial charge in [0.2, 0.25) is 5.91 Å². The minimum atomic E-state index is 0.301. The van der Waals surface area contributed by atoms with Gasteiger partial charge in [0.25, 0.3) is 0 Å². The number of rotatable bonds is 5. The van der Waals surface area contributed by atoms with Crippen LogP contribution in [0.2, 0.25) is 0 Å². The Labute approximate surface area is 128 Å². The lowest BCUT2D eigenvalue weighted by Crippen LogP contribution is -2.43. The Bertz CT molecular complexity index is 473. The van der Waals surface area contributed by atoms with E-state index in [2.05, 4.69) is 22.0 Å². The Hall–Kier alpha value is -1.58. The molecule has 4 heteroatoms. The molecule has 0 bridgehead atoms. The molecule has 1 aliphatic rings. The van der Waals surface area contributed by atoms with Crippen LogP contribution in [0.25, 0.3) is 0 Å². The first-order chi connectivity index (χ1) is 10.1. The van der Waals surface area contributed by atoms with Gasteiger partial charge in [-0.15, -0.1) is 0 Å². The number of aryl methyl sites for hydroxylation is 1. The number of amides is 1. The van der Waals surface area contributed by atoms with Crippen molar-refractivity contribution < 1.29 is 4.79 Å². The van der Waals surface area contributed by atoms with Crippen molar-refractivity contribution >= 4 is 11.7 Å². The summed E-state index contributed by atoms with van der Waals surface area (Å²) in [5.74, 6) is 1.30. The molecule has 1 aliphatic heterocycles. The third kappa shape index (κ3) is 4.19. The quantitative estimate of drug-likeness (QED) is 0.836. The molecule has 4 nitrogen and oxygen atoms in total. The van der Waals surface area contributed by atoms with Gasteiger partial charge in [0.1, 0.15) is 5.82 Å². The van der Waals surface area contributed by atoms with Crippen LogP contribution in [0.5, 0.6) is 0 Å². The van der Waals surface area contributed by atoms with Crippen LogP contribution in [0.3, 0.4) is 0 Å². The SMILES string of the molecule is CCC(=O)N1CCCC[C@@H]1CCc1cccc(N(C)C)n1. The van der Waals surface area contributed by atoms with Gasteiger partial charge >= 0.3 is 0 Å². The highest BCUT2D eigenvalue weighted by Crippen LogP contribution is 2.22. The van der Waals surface area contributed by atoms with E-state index in [0.717, 1.165) is 43.7 Å². The minimum absolute atomic E-state index is 0.301. The molecule has 0 saturated carbocycles. The molecule has 2 heterocycles. The maximum atomic E-state index is 12.0. The lowest BCUT2D eigenvalue weighted by atomic mass is 9.96. The van der Waals surface area contributed by atoms with Gasteiger partial charge in [-0.25, -0.2) is 4.98 Å². The molecule has 21 heavy (non-hydrogen) atoms. The summed E-state index contributed by atoms with van der Waals surface area (Å²) in [5.41, 5.74) is 1.12. The second-order valence-electron chi connectivity index (χ2n) is 6.01. The predicted molar refractivity (Wildman–Crippen MR) is 86.5 cm³/mol. The largest absolute Gasteiger partial charge is 0.363 e. The summed E-state index contributed by atoms with van der Waals surface area (Å²) in [5, 5.41) is 0. The molecule has 0 aromatic carbocycles. The van der Waals surface area contributed by atoms with Crippen LogP contribution in [0.4, 0.5) is 5.82 Å². The lowest BCUT2D eigenvalue weighted by molar-refractivity contribution is -0.134. The van der Waals surface area contributed by atoms with Gasteiger partial charge in [-0.3, -0.25) is 4.79 Å². The fourth-order valence-electron chi connectivity index (χ4n) is 3.00. The molecule has 1 atom stereocenters. The van der Waals surface area contributed by atoms with Crippen LogP contribution < -0.4 is 4.90 Å². The predicted octanol–water partition coefficient (Wildman–Crippen LogP) is 2.87. The summed E-state index contributed by atoms with van der Waals surface area (Å²) in [6, 6.07) is 6.57. The molecule has 0 unspecified atom stereocenters. The number of anilines is 1. The maximum Gasteiger partial charge on any atom is 0.222 e. The Balaban J connectivity index is 1.97. The minimum Gasteiger partial charge on any atom is -0.363 e. The zero-order valence-electron chi connectivity index (χ0n) is 13.5. The van der Waals surface area contributed by atoms with E-state index >= 15 is 0 Å². The highest BCUT2D eigenvalue weighted by molar-refractivity contribution is 5.76. The molecule has 1 aromatic heterocycles. The summed E-state index contributed by atoms with van der Waals surface area (Å²) in [7, 11) is 4.02. The normalized spacial score (nSPS) is 18.6. The third-order valence-corrected chi connectivity index (χ3v) is 4.23. The second kappa shape index (κ2) is 7.43. The van der Waals surface area contributed by atoms with E-state index < -0.39 is 0 Å². The number of carbonyl (C=O) groups excluding carboxylic acids is 1. The molecular weight excluding hydrogens is 262 g/mol. The Morgan fingerprint density at radius 2 is 2.19 bits per heavy atom. The monoisotopic (exact) mass is 289 g/mol. The van der Waals surface area contributed by atoms with Crippen LogP contribution in [-0.2, 0) is 11.2 Å². The van der Waals surface area contributed by atoms with Crippen LogP contribution >= 0.6 is 0 Å². The fraction of sp³-hybridized carbons (Fsp3) is 0.647. The van der Waals surface area contributed by atoms with Gasteiger partial charge in [-0.1, -0.05) is 13.0 Å². The third-order valence-electron chi connectivity index (χ3n) is 4.23. The van der Waals surface area contributed by atoms with Crippen molar-refractivity contribution in [2.45, 2.75) is 51.5 Å². The molecule has 0 N–H and O–H groups in total. The topological polar surface area (TPSA) is 36.4 Å². The second-order valence-corrected chi connectivity index (χ2v) is 6.01. The summed E-state index contributed by atoms with van der Waals surface area (Å²) in [4.78, 5) is 20.8. The summed E-state index contributed by atoms with van der Waals surface area (Å²) in [6.07, 6.45) is 6.11. The molecule has 0 radical (unpaired) electrons. The van der Waals surface area contributed by atoms with Crippen LogP contribution in [0.15, 0.2) is 18.2 Å². The number of hydrogen-bond donors (Lipinski definition) is 0. The molecule has 0 aliphatic carbocycles. The fourth-order valence-corrected chi connectivity index (χ4v) is 3.00. The molecule has 2 rings (SSSR count). The van der Waals surface area contributed by atoms with E-state index in [-0.39, 0.29) is 0 Å². The van der Waals surface area contributed by atoms with Crippen molar-refractivity contribution in [2.75, 3.05) is 25.5 Å². The summed E-state index contributed by atoms with van der Waals surface area (Å²) >= 11 is 0. The van der Waals surface area contributed by atoms with Crippen molar-refractivity contribution in [1.82, 2.24) is 9.88 Å². The van der Waals surface area contributed by atoms with Crippen molar-refractivity contribution in [3.05, 3.63) is 23.9 Å². The van der Waals surface area contributed by atoms with Gasteiger partial charge in [-0.05, 0) is 44.2 Å². The Morgan fingerprint density at radius 1 is 1.38 bits per heavy atom. The average molecular weight is 289 g/mol. The van der Waals surface area contributed by atoms with Crippen LogP contribution in [0.1, 0.15) is 44.7 Å². The number of nitrogens with zero attached hydrogens (tertiary/aromatic N) is 3. The molecule has 116 valence electrons. The zero-order chi connectivity index (χ0) is 15.2. The zero-order valence-corrected chi connectivity index (χ0v) is 13.5. The molecular formula is C17H27N3O. The number of piperidine rings is 1. The van der Waals surface area contributed by atoms with Gasteiger partial charge < -0.3 is 9.80 Å². The lowest BCUT2D eigenvalue weighted by Gasteiger charge is -2.35. The van der Waals surface area contributed by atoms with Crippen LogP contribution in [-0.4, -0.2) is 42.5 Å². The Morgan fingerprint density at radius 3 is 2.90 bits per heavy atom. The van der Waals surface area contributed by atoms with Gasteiger partial charge in [0, 0.05) is 38.8 Å². The van der Waals surface area contributed by atoms with E-state index in [0.29, 0.717) is 18.4 Å². The first kappa shape index (κ1) is 15.8. The summed E-state index contributed by atoms with van der Waals surface area (Å²) in [6.45, 7) is 2.89. The van der Waals surface area contributed by atoms with Gasteiger partial charge in [0.15, 0.2) is 0 Å². The van der Waals surface area contributed by atoms with Gasteiger partial charge in [-0.2, -0.15) is 0 Å². The average Bonchev–Trinajstić information content (AvgIpc) is 2.52. The number of carbonyl (C=O) groups is 1. The molecule has 1 amide bonds. The van der Waals surface area contributed by atoms with Crippen LogP contribution in [0, 0.1) is 0 Å². The van der Waals surface area contributed by atoms with Crippen molar-refractivity contribution in [1.29, 1.82) is 0 Å². The highest BCUT2D eigenvalue weighted by Gasteiger charge is 2.25. The number of aromatic nitrogens is 1. The van der Waals surface area contributed by atoms with Crippen molar-refractivity contribution in [3.63, 3.8) is 0 Å². The van der Waals surface area contributed by atoms with E-state index in [9.17, 15) is 4.79 Å². The summed E-state index contributed by atoms with van der Waals surface area (Å²) < 4.78 is 0. The Kier molecular flexibility index (Phi) is 5.59. The van der Waals surface area contributed by atoms with Crippen molar-refractivity contribution in [3.8, 4) is 0 Å².